The van der Waals surface area contributed by atoms with Crippen LogP contribution < -0.4 is 10.6 Å². The maximum Gasteiger partial charge on any atom is 0.274 e. The monoisotopic (exact) mass is 446 g/mol. The highest BCUT2D eigenvalue weighted by Gasteiger charge is 2.29. The van der Waals surface area contributed by atoms with E-state index in [0.29, 0.717) is 6.04 Å². The fraction of sp³-hybridized carbons (Fsp3) is 0.500. The van der Waals surface area contributed by atoms with Crippen LogP contribution in [-0.2, 0) is 0 Å². The van der Waals surface area contributed by atoms with Gasteiger partial charge in [0.05, 0.1) is 5.69 Å². The Morgan fingerprint density at radius 1 is 1.03 bits per heavy atom. The van der Waals surface area contributed by atoms with Gasteiger partial charge in [-0.2, -0.15) is 5.10 Å². The predicted molar refractivity (Wildman–Crippen MR) is 115 cm³/mol. The molecular weight excluding hydrogens is 418 g/mol. The van der Waals surface area contributed by atoms with Crippen molar-refractivity contribution in [2.24, 2.45) is 0 Å². The first kappa shape index (κ1) is 22.3. The number of halogens is 2. The highest BCUT2D eigenvalue weighted by Crippen LogP contribution is 2.25. The molecule has 2 fully saturated rings. The topological polar surface area (TPSA) is 93.4 Å². The van der Waals surface area contributed by atoms with Gasteiger partial charge in [0.25, 0.3) is 11.8 Å². The smallest absolute Gasteiger partial charge is 0.274 e. The zero-order valence-corrected chi connectivity index (χ0v) is 18.0. The maximum absolute atomic E-state index is 13.9. The van der Waals surface area contributed by atoms with Crippen molar-refractivity contribution < 1.29 is 18.4 Å². The zero-order valence-electron chi connectivity index (χ0n) is 18.0. The lowest BCUT2D eigenvalue weighted by atomic mass is 9.89. The molecule has 0 bridgehead atoms. The fourth-order valence-corrected chi connectivity index (χ4v) is 4.48. The van der Waals surface area contributed by atoms with Gasteiger partial charge in [0.15, 0.2) is 5.69 Å². The van der Waals surface area contributed by atoms with Crippen LogP contribution in [0.5, 0.6) is 0 Å². The molecule has 2 amide bonds. The minimum atomic E-state index is -0.983. The molecule has 10 heteroatoms. The summed E-state index contributed by atoms with van der Waals surface area (Å²) in [6.45, 7) is 4.33. The second-order valence-corrected chi connectivity index (χ2v) is 8.52. The van der Waals surface area contributed by atoms with Gasteiger partial charge in [0.2, 0.25) is 0 Å². The normalized spacial score (nSPS) is 22.5. The minimum absolute atomic E-state index is 0.0173. The Bertz CT molecular complexity index is 945. The molecule has 1 saturated carbocycles. The Kier molecular flexibility index (Phi) is 6.80. The van der Waals surface area contributed by atoms with E-state index in [0.717, 1.165) is 64.0 Å². The second kappa shape index (κ2) is 9.74. The third kappa shape index (κ3) is 4.97. The summed E-state index contributed by atoms with van der Waals surface area (Å²) in [4.78, 5) is 30.0. The van der Waals surface area contributed by atoms with Crippen LogP contribution in [0.15, 0.2) is 24.4 Å². The molecular formula is C22H28F2N6O2. The lowest BCUT2D eigenvalue weighted by molar-refractivity contribution is 0.0789. The first-order valence-electron chi connectivity index (χ1n) is 10.9. The average molecular weight is 447 g/mol. The van der Waals surface area contributed by atoms with E-state index in [9.17, 15) is 18.4 Å². The Morgan fingerprint density at radius 3 is 2.34 bits per heavy atom. The first-order valence-corrected chi connectivity index (χ1v) is 10.9. The molecule has 1 aliphatic heterocycles. The largest absolute Gasteiger partial charge is 0.348 e. The molecule has 1 aromatic carbocycles. The summed E-state index contributed by atoms with van der Waals surface area (Å²) < 4.78 is 27.7. The van der Waals surface area contributed by atoms with E-state index in [1.54, 1.807) is 0 Å². The van der Waals surface area contributed by atoms with Crippen LogP contribution in [0.2, 0.25) is 0 Å². The van der Waals surface area contributed by atoms with Crippen molar-refractivity contribution in [2.45, 2.75) is 37.8 Å². The molecule has 1 aliphatic carbocycles. The number of likely N-dealkylation sites (N-methyl/N-ethyl adjacent to an activating group) is 1. The van der Waals surface area contributed by atoms with E-state index >= 15 is 0 Å². The number of hydrogen-bond donors (Lipinski definition) is 3. The van der Waals surface area contributed by atoms with Crippen LogP contribution in [0.3, 0.4) is 0 Å². The van der Waals surface area contributed by atoms with Crippen LogP contribution in [0.25, 0.3) is 0 Å². The summed E-state index contributed by atoms with van der Waals surface area (Å²) in [5, 5.41) is 11.8. The Labute approximate surface area is 185 Å². The van der Waals surface area contributed by atoms with Gasteiger partial charge < -0.3 is 15.5 Å². The van der Waals surface area contributed by atoms with Gasteiger partial charge in [-0.1, -0.05) is 6.07 Å². The van der Waals surface area contributed by atoms with Crippen LogP contribution in [0.4, 0.5) is 14.5 Å². The van der Waals surface area contributed by atoms with Crippen LogP contribution in [0, 0.1) is 11.6 Å². The fourth-order valence-electron chi connectivity index (χ4n) is 4.48. The number of H-pyrrole nitrogens is 1. The van der Waals surface area contributed by atoms with Crippen LogP contribution in [0.1, 0.15) is 46.5 Å². The highest BCUT2D eigenvalue weighted by atomic mass is 19.1. The van der Waals surface area contributed by atoms with E-state index in [1.807, 2.05) is 0 Å². The summed E-state index contributed by atoms with van der Waals surface area (Å²) in [5.41, 5.74) is -0.653. The average Bonchev–Trinajstić information content (AvgIpc) is 3.23. The molecule has 2 aliphatic rings. The maximum atomic E-state index is 13.9. The summed E-state index contributed by atoms with van der Waals surface area (Å²) in [6, 6.07) is 3.75. The molecule has 172 valence electrons. The Morgan fingerprint density at radius 2 is 1.69 bits per heavy atom. The summed E-state index contributed by atoms with van der Waals surface area (Å²) in [6.07, 6.45) is 5.09. The SMILES string of the molecule is CN1CCN([C@H]2CC[C@H](NC(=O)c3n[nH]cc3NC(=O)c3c(F)cccc3F)CC2)CC1. The quantitative estimate of drug-likeness (QED) is 0.655. The van der Waals surface area contributed by atoms with E-state index in [2.05, 4.69) is 37.7 Å². The molecule has 3 N–H and O–H groups in total. The number of benzene rings is 1. The van der Waals surface area contributed by atoms with Gasteiger partial charge >= 0.3 is 0 Å². The van der Waals surface area contributed by atoms with Gasteiger partial charge in [-0.05, 0) is 44.9 Å². The number of carbonyl (C=O) groups excluding carboxylic acids is 2. The third-order valence-electron chi connectivity index (χ3n) is 6.38. The lowest BCUT2D eigenvalue weighted by Crippen LogP contribution is -2.51. The number of carbonyl (C=O) groups is 2. The van der Waals surface area contributed by atoms with Crippen LogP contribution >= 0.6 is 0 Å². The van der Waals surface area contributed by atoms with Crippen molar-refractivity contribution in [2.75, 3.05) is 38.5 Å². The van der Waals surface area contributed by atoms with Gasteiger partial charge in [-0.3, -0.25) is 19.6 Å². The molecule has 0 radical (unpaired) electrons. The van der Waals surface area contributed by atoms with Gasteiger partial charge in [-0.25, -0.2) is 8.78 Å². The van der Waals surface area contributed by atoms with Crippen molar-refractivity contribution >= 4 is 17.5 Å². The van der Waals surface area contributed by atoms with E-state index < -0.39 is 29.0 Å². The number of nitrogens with zero attached hydrogens (tertiary/aromatic N) is 3. The number of amides is 2. The molecule has 1 saturated heterocycles. The molecule has 1 aromatic heterocycles. The van der Waals surface area contributed by atoms with E-state index in [4.69, 9.17) is 0 Å². The van der Waals surface area contributed by atoms with Crippen molar-refractivity contribution in [3.63, 3.8) is 0 Å². The zero-order chi connectivity index (χ0) is 22.7. The van der Waals surface area contributed by atoms with Crippen molar-refractivity contribution in [1.82, 2.24) is 25.3 Å². The van der Waals surface area contributed by atoms with E-state index in [-0.39, 0.29) is 17.4 Å². The minimum Gasteiger partial charge on any atom is -0.348 e. The second-order valence-electron chi connectivity index (χ2n) is 8.52. The number of hydrogen-bond acceptors (Lipinski definition) is 5. The van der Waals surface area contributed by atoms with Gasteiger partial charge in [0, 0.05) is 44.5 Å². The van der Waals surface area contributed by atoms with Gasteiger partial charge in [0.1, 0.15) is 17.2 Å². The predicted octanol–water partition coefficient (Wildman–Crippen LogP) is 2.23. The first-order chi connectivity index (χ1) is 15.4. The third-order valence-corrected chi connectivity index (χ3v) is 6.38. The van der Waals surface area contributed by atoms with Crippen molar-refractivity contribution in [3.8, 4) is 0 Å². The number of aromatic amines is 1. The summed E-state index contributed by atoms with van der Waals surface area (Å²) in [7, 11) is 2.14. The Hall–Kier alpha value is -2.85. The molecule has 2 aromatic rings. The summed E-state index contributed by atoms with van der Waals surface area (Å²) >= 11 is 0. The highest BCUT2D eigenvalue weighted by molar-refractivity contribution is 6.08. The number of rotatable bonds is 5. The molecule has 0 atom stereocenters. The van der Waals surface area contributed by atoms with Gasteiger partial charge in [-0.15, -0.1) is 0 Å². The van der Waals surface area contributed by atoms with Crippen LogP contribution in [-0.4, -0.2) is 77.1 Å². The number of piperazine rings is 1. The Balaban J connectivity index is 1.33. The lowest BCUT2D eigenvalue weighted by Gasteiger charge is -2.41. The van der Waals surface area contributed by atoms with E-state index in [1.165, 1.54) is 12.3 Å². The summed E-state index contributed by atoms with van der Waals surface area (Å²) in [5.74, 6) is -3.37. The molecule has 4 rings (SSSR count). The standard InChI is InChI=1S/C22H28F2N6O2/c1-29-9-11-30(12-10-29)15-7-5-14(6-8-15)26-22(32)20-18(13-25-28-20)27-21(31)19-16(23)3-2-4-17(19)24/h2-4,13-15H,5-12H2,1H3,(H,25,28)(H,26,32)(H,27,31)/t14-,15-. The number of nitrogens with one attached hydrogen (secondary N) is 3. The molecule has 2 heterocycles. The van der Waals surface area contributed by atoms with Crippen molar-refractivity contribution in [1.29, 1.82) is 0 Å². The molecule has 0 unspecified atom stereocenters. The molecule has 0 spiro atoms. The number of anilines is 1. The number of aromatic nitrogens is 2. The van der Waals surface area contributed by atoms with Crippen molar-refractivity contribution in [3.05, 3.63) is 47.3 Å². The molecule has 8 nitrogen and oxygen atoms in total. The molecule has 32 heavy (non-hydrogen) atoms.